The van der Waals surface area contributed by atoms with Gasteiger partial charge in [0.15, 0.2) is 0 Å². The molecular formula is C13H9FO3. The quantitative estimate of drug-likeness (QED) is 0.588. The summed E-state index contributed by atoms with van der Waals surface area (Å²) in [6.07, 6.45) is -0.859. The van der Waals surface area contributed by atoms with Crippen LogP contribution in [-0.4, -0.2) is 6.16 Å². The first-order valence-electron chi connectivity index (χ1n) is 4.94. The number of hydrogen-bond donors (Lipinski definition) is 0. The minimum absolute atomic E-state index is 0.229. The van der Waals surface area contributed by atoms with Crippen LogP contribution in [0.4, 0.5) is 9.18 Å². The normalized spacial score (nSPS) is 9.71. The molecule has 0 unspecified atom stereocenters. The lowest BCUT2D eigenvalue weighted by molar-refractivity contribution is 0.152. The van der Waals surface area contributed by atoms with E-state index in [1.807, 2.05) is 0 Å². The van der Waals surface area contributed by atoms with Crippen molar-refractivity contribution >= 4 is 6.16 Å². The summed E-state index contributed by atoms with van der Waals surface area (Å²) in [7, 11) is 0. The molecule has 2 rings (SSSR count). The van der Waals surface area contributed by atoms with Gasteiger partial charge in [0, 0.05) is 0 Å². The van der Waals surface area contributed by atoms with Crippen molar-refractivity contribution in [1.29, 1.82) is 0 Å². The largest absolute Gasteiger partial charge is 0.519 e. The number of ether oxygens (including phenoxy) is 2. The average molecular weight is 232 g/mol. The maximum atomic E-state index is 12.6. The number of halogens is 1. The zero-order valence-corrected chi connectivity index (χ0v) is 8.80. The number of rotatable bonds is 2. The van der Waals surface area contributed by atoms with Gasteiger partial charge in [0.1, 0.15) is 17.3 Å². The van der Waals surface area contributed by atoms with Crippen LogP contribution in [0, 0.1) is 5.82 Å². The van der Waals surface area contributed by atoms with Crippen LogP contribution < -0.4 is 9.47 Å². The lowest BCUT2D eigenvalue weighted by Gasteiger charge is -2.04. The molecule has 0 aliphatic rings. The smallest absolute Gasteiger partial charge is 0.395 e. The first kappa shape index (κ1) is 11.1. The molecular weight excluding hydrogens is 223 g/mol. The Bertz CT molecular complexity index is 494. The van der Waals surface area contributed by atoms with Crippen molar-refractivity contribution in [2.45, 2.75) is 0 Å². The molecule has 0 aliphatic heterocycles. The Morgan fingerprint density at radius 1 is 0.824 bits per heavy atom. The highest BCUT2D eigenvalue weighted by Gasteiger charge is 2.07. The summed E-state index contributed by atoms with van der Waals surface area (Å²) in [5.41, 5.74) is 0. The molecule has 0 amide bonds. The summed E-state index contributed by atoms with van der Waals surface area (Å²) in [6, 6.07) is 13.6. The van der Waals surface area contributed by atoms with Gasteiger partial charge in [-0.1, -0.05) is 18.2 Å². The Morgan fingerprint density at radius 3 is 1.94 bits per heavy atom. The third kappa shape index (κ3) is 3.31. The van der Waals surface area contributed by atoms with Gasteiger partial charge in [-0.3, -0.25) is 0 Å². The van der Waals surface area contributed by atoms with Crippen LogP contribution >= 0.6 is 0 Å². The monoisotopic (exact) mass is 232 g/mol. The summed E-state index contributed by atoms with van der Waals surface area (Å²) < 4.78 is 22.3. The zero-order valence-electron chi connectivity index (χ0n) is 8.80. The van der Waals surface area contributed by atoms with Gasteiger partial charge in [-0.05, 0) is 36.4 Å². The standard InChI is InChI=1S/C13H9FO3/c14-10-6-8-12(9-7-10)17-13(15)16-11-4-2-1-3-5-11/h1-9H. The molecule has 3 nitrogen and oxygen atoms in total. The molecule has 4 heteroatoms. The van der Waals surface area contributed by atoms with Crippen LogP contribution in [0.2, 0.25) is 0 Å². The van der Waals surface area contributed by atoms with E-state index in [1.165, 1.54) is 24.3 Å². The molecule has 0 saturated carbocycles. The molecule has 0 N–H and O–H groups in total. The predicted molar refractivity (Wildman–Crippen MR) is 59.5 cm³/mol. The molecule has 2 aromatic rings. The molecule has 86 valence electrons. The molecule has 0 heterocycles. The van der Waals surface area contributed by atoms with E-state index in [1.54, 1.807) is 30.3 Å². The van der Waals surface area contributed by atoms with Crippen molar-refractivity contribution in [2.24, 2.45) is 0 Å². The molecule has 0 aromatic heterocycles. The molecule has 0 fully saturated rings. The lowest BCUT2D eigenvalue weighted by atomic mass is 10.3. The van der Waals surface area contributed by atoms with Gasteiger partial charge in [0.05, 0.1) is 0 Å². The Morgan fingerprint density at radius 2 is 1.35 bits per heavy atom. The van der Waals surface area contributed by atoms with E-state index in [0.717, 1.165) is 0 Å². The van der Waals surface area contributed by atoms with Crippen molar-refractivity contribution in [3.63, 3.8) is 0 Å². The number of hydrogen-bond acceptors (Lipinski definition) is 3. The van der Waals surface area contributed by atoms with Crippen molar-refractivity contribution in [3.05, 3.63) is 60.4 Å². The molecule has 0 bridgehead atoms. The zero-order chi connectivity index (χ0) is 12.1. The molecule has 2 aromatic carbocycles. The summed E-state index contributed by atoms with van der Waals surface area (Å²) >= 11 is 0. The Hall–Kier alpha value is -2.36. The van der Waals surface area contributed by atoms with Crippen molar-refractivity contribution in [3.8, 4) is 11.5 Å². The summed E-state index contributed by atoms with van der Waals surface area (Å²) in [5, 5.41) is 0. The van der Waals surface area contributed by atoms with Crippen LogP contribution in [0.3, 0.4) is 0 Å². The molecule has 0 saturated heterocycles. The van der Waals surface area contributed by atoms with Crippen molar-refractivity contribution in [1.82, 2.24) is 0 Å². The van der Waals surface area contributed by atoms with Gasteiger partial charge in [-0.2, -0.15) is 0 Å². The fraction of sp³-hybridized carbons (Fsp3) is 0. The van der Waals surface area contributed by atoms with Crippen LogP contribution in [0.5, 0.6) is 11.5 Å². The molecule has 0 radical (unpaired) electrons. The lowest BCUT2D eigenvalue weighted by Crippen LogP contribution is -2.13. The highest BCUT2D eigenvalue weighted by atomic mass is 19.1. The van der Waals surface area contributed by atoms with E-state index in [4.69, 9.17) is 9.47 Å². The van der Waals surface area contributed by atoms with E-state index in [0.29, 0.717) is 5.75 Å². The number of carbonyl (C=O) groups excluding carboxylic acids is 1. The first-order chi connectivity index (χ1) is 8.24. The second kappa shape index (κ2) is 5.12. The van der Waals surface area contributed by atoms with E-state index < -0.39 is 12.0 Å². The third-order valence-corrected chi connectivity index (χ3v) is 1.96. The topological polar surface area (TPSA) is 35.5 Å². The Balaban J connectivity index is 1.96. The average Bonchev–Trinajstić information content (AvgIpc) is 2.33. The van der Waals surface area contributed by atoms with Gasteiger partial charge in [0.2, 0.25) is 0 Å². The number of carbonyl (C=O) groups is 1. The SMILES string of the molecule is O=C(Oc1ccccc1)Oc1ccc(F)cc1. The van der Waals surface area contributed by atoms with Gasteiger partial charge in [0.25, 0.3) is 0 Å². The summed E-state index contributed by atoms with van der Waals surface area (Å²) in [4.78, 5) is 11.3. The third-order valence-electron chi connectivity index (χ3n) is 1.96. The molecule has 0 aliphatic carbocycles. The minimum atomic E-state index is -0.859. The molecule has 0 spiro atoms. The summed E-state index contributed by atoms with van der Waals surface area (Å²) in [6.45, 7) is 0. The second-order valence-electron chi connectivity index (χ2n) is 3.22. The first-order valence-corrected chi connectivity index (χ1v) is 4.94. The summed E-state index contributed by atoms with van der Waals surface area (Å²) in [5.74, 6) is 0.223. The maximum Gasteiger partial charge on any atom is 0.519 e. The van der Waals surface area contributed by atoms with Crippen LogP contribution in [0.15, 0.2) is 54.6 Å². The molecule has 0 atom stereocenters. The van der Waals surface area contributed by atoms with Gasteiger partial charge in [-0.25, -0.2) is 9.18 Å². The highest BCUT2D eigenvalue weighted by molar-refractivity contribution is 5.66. The van der Waals surface area contributed by atoms with Gasteiger partial charge >= 0.3 is 6.16 Å². The predicted octanol–water partition coefficient (Wildman–Crippen LogP) is 3.40. The van der Waals surface area contributed by atoms with E-state index in [-0.39, 0.29) is 5.75 Å². The fourth-order valence-corrected chi connectivity index (χ4v) is 1.20. The van der Waals surface area contributed by atoms with E-state index >= 15 is 0 Å². The van der Waals surface area contributed by atoms with Crippen LogP contribution in [-0.2, 0) is 0 Å². The van der Waals surface area contributed by atoms with Crippen molar-refractivity contribution < 1.29 is 18.7 Å². The van der Waals surface area contributed by atoms with Gasteiger partial charge in [-0.15, -0.1) is 0 Å². The highest BCUT2D eigenvalue weighted by Crippen LogP contribution is 2.14. The number of para-hydroxylation sites is 1. The van der Waals surface area contributed by atoms with Crippen LogP contribution in [0.25, 0.3) is 0 Å². The van der Waals surface area contributed by atoms with Crippen molar-refractivity contribution in [2.75, 3.05) is 0 Å². The van der Waals surface area contributed by atoms with Crippen LogP contribution in [0.1, 0.15) is 0 Å². The molecule has 17 heavy (non-hydrogen) atoms. The Labute approximate surface area is 97.4 Å². The van der Waals surface area contributed by atoms with Gasteiger partial charge < -0.3 is 9.47 Å². The second-order valence-corrected chi connectivity index (χ2v) is 3.22. The fourth-order valence-electron chi connectivity index (χ4n) is 1.20. The number of benzene rings is 2. The Kier molecular flexibility index (Phi) is 3.35. The van der Waals surface area contributed by atoms with E-state index in [9.17, 15) is 9.18 Å². The maximum absolute atomic E-state index is 12.6. The minimum Gasteiger partial charge on any atom is -0.395 e. The van der Waals surface area contributed by atoms with E-state index in [2.05, 4.69) is 0 Å².